The SMILES string of the molecule is CN[C@@H]1C2C=CCN2C[C@H]1O. The third kappa shape index (κ3) is 1.00. The summed E-state index contributed by atoms with van der Waals surface area (Å²) in [5, 5.41) is 12.7. The predicted molar refractivity (Wildman–Crippen MR) is 43.4 cm³/mol. The molecule has 1 saturated heterocycles. The van der Waals surface area contributed by atoms with E-state index in [-0.39, 0.29) is 12.1 Å². The van der Waals surface area contributed by atoms with E-state index in [0.717, 1.165) is 13.1 Å². The summed E-state index contributed by atoms with van der Waals surface area (Å²) in [6.45, 7) is 1.81. The van der Waals surface area contributed by atoms with Crippen LogP contribution in [0.3, 0.4) is 0 Å². The van der Waals surface area contributed by atoms with Crippen LogP contribution in [-0.2, 0) is 0 Å². The normalized spacial score (nSPS) is 43.3. The van der Waals surface area contributed by atoms with E-state index in [1.54, 1.807) is 0 Å². The van der Waals surface area contributed by atoms with Gasteiger partial charge in [-0.2, -0.15) is 0 Å². The molecule has 1 unspecified atom stereocenters. The van der Waals surface area contributed by atoms with Crippen molar-refractivity contribution in [3.05, 3.63) is 12.2 Å². The van der Waals surface area contributed by atoms with Crippen LogP contribution in [0.25, 0.3) is 0 Å². The lowest BCUT2D eigenvalue weighted by Gasteiger charge is -2.18. The molecular formula is C8H14N2O. The second kappa shape index (κ2) is 2.59. The van der Waals surface area contributed by atoms with Gasteiger partial charge in [-0.05, 0) is 7.05 Å². The largest absolute Gasteiger partial charge is 0.390 e. The minimum Gasteiger partial charge on any atom is -0.390 e. The van der Waals surface area contributed by atoms with Gasteiger partial charge in [0.2, 0.25) is 0 Å². The molecule has 1 fully saturated rings. The Morgan fingerprint density at radius 1 is 1.64 bits per heavy atom. The molecule has 0 bridgehead atoms. The highest BCUT2D eigenvalue weighted by Gasteiger charge is 2.39. The zero-order chi connectivity index (χ0) is 7.84. The number of hydrogen-bond donors (Lipinski definition) is 2. The third-order valence-corrected chi connectivity index (χ3v) is 2.63. The van der Waals surface area contributed by atoms with Crippen LogP contribution in [0.5, 0.6) is 0 Å². The zero-order valence-electron chi connectivity index (χ0n) is 6.70. The maximum Gasteiger partial charge on any atom is 0.0838 e. The molecule has 3 nitrogen and oxygen atoms in total. The molecule has 2 aliphatic heterocycles. The van der Waals surface area contributed by atoms with E-state index in [2.05, 4.69) is 22.4 Å². The van der Waals surface area contributed by atoms with Crippen LogP contribution in [0.15, 0.2) is 12.2 Å². The van der Waals surface area contributed by atoms with E-state index < -0.39 is 0 Å². The molecule has 3 heteroatoms. The van der Waals surface area contributed by atoms with Crippen LogP contribution in [-0.4, -0.2) is 48.3 Å². The van der Waals surface area contributed by atoms with Gasteiger partial charge in [0.05, 0.1) is 12.1 Å². The predicted octanol–water partition coefficient (Wildman–Crippen LogP) is -0.811. The number of aliphatic hydroxyl groups is 1. The van der Waals surface area contributed by atoms with Gasteiger partial charge in [-0.15, -0.1) is 0 Å². The number of aliphatic hydroxyl groups excluding tert-OH is 1. The average molecular weight is 154 g/mol. The Kier molecular flexibility index (Phi) is 1.71. The van der Waals surface area contributed by atoms with Crippen molar-refractivity contribution in [2.75, 3.05) is 20.1 Å². The Bertz CT molecular complexity index is 181. The van der Waals surface area contributed by atoms with Crippen molar-refractivity contribution in [1.82, 2.24) is 10.2 Å². The fraction of sp³-hybridized carbons (Fsp3) is 0.750. The zero-order valence-corrected chi connectivity index (χ0v) is 6.70. The number of nitrogens with one attached hydrogen (secondary N) is 1. The fourth-order valence-corrected chi connectivity index (χ4v) is 2.07. The highest BCUT2D eigenvalue weighted by atomic mass is 16.3. The smallest absolute Gasteiger partial charge is 0.0838 e. The first-order valence-electron chi connectivity index (χ1n) is 4.09. The van der Waals surface area contributed by atoms with Gasteiger partial charge in [0, 0.05) is 19.1 Å². The number of hydrogen-bond acceptors (Lipinski definition) is 3. The maximum absolute atomic E-state index is 9.56. The van der Waals surface area contributed by atoms with Crippen molar-refractivity contribution in [2.24, 2.45) is 0 Å². The number of likely N-dealkylation sites (N-methyl/N-ethyl adjacent to an activating group) is 1. The molecule has 0 saturated carbocycles. The van der Waals surface area contributed by atoms with Crippen LogP contribution in [0.2, 0.25) is 0 Å². The second-order valence-electron chi connectivity index (χ2n) is 3.25. The van der Waals surface area contributed by atoms with Crippen molar-refractivity contribution < 1.29 is 5.11 Å². The minimum absolute atomic E-state index is 0.199. The Morgan fingerprint density at radius 2 is 2.45 bits per heavy atom. The summed E-state index contributed by atoms with van der Waals surface area (Å²) in [5.41, 5.74) is 0. The molecule has 0 spiro atoms. The molecule has 11 heavy (non-hydrogen) atoms. The van der Waals surface area contributed by atoms with Crippen LogP contribution in [0.1, 0.15) is 0 Å². The summed E-state index contributed by atoms with van der Waals surface area (Å²) in [6.07, 6.45) is 4.15. The second-order valence-corrected chi connectivity index (χ2v) is 3.25. The third-order valence-electron chi connectivity index (χ3n) is 2.63. The summed E-state index contributed by atoms with van der Waals surface area (Å²) < 4.78 is 0. The van der Waals surface area contributed by atoms with E-state index in [1.807, 2.05) is 7.05 Å². The fourth-order valence-electron chi connectivity index (χ4n) is 2.07. The molecular weight excluding hydrogens is 140 g/mol. The molecule has 2 rings (SSSR count). The van der Waals surface area contributed by atoms with Crippen molar-refractivity contribution in [3.63, 3.8) is 0 Å². The molecule has 2 heterocycles. The van der Waals surface area contributed by atoms with Crippen molar-refractivity contribution >= 4 is 0 Å². The molecule has 3 atom stereocenters. The summed E-state index contributed by atoms with van der Waals surface area (Å²) in [7, 11) is 1.91. The van der Waals surface area contributed by atoms with E-state index in [1.165, 1.54) is 0 Å². The first-order chi connectivity index (χ1) is 5.33. The van der Waals surface area contributed by atoms with Gasteiger partial charge in [-0.1, -0.05) is 12.2 Å². The number of nitrogens with zero attached hydrogens (tertiary/aromatic N) is 1. The molecule has 0 amide bonds. The highest BCUT2D eigenvalue weighted by molar-refractivity contribution is 5.14. The lowest BCUT2D eigenvalue weighted by Crippen LogP contribution is -2.41. The molecule has 2 aliphatic rings. The van der Waals surface area contributed by atoms with E-state index in [9.17, 15) is 5.11 Å². The first-order valence-corrected chi connectivity index (χ1v) is 4.09. The molecule has 0 aromatic rings. The van der Waals surface area contributed by atoms with E-state index in [4.69, 9.17) is 0 Å². The van der Waals surface area contributed by atoms with Crippen molar-refractivity contribution in [1.29, 1.82) is 0 Å². The lowest BCUT2D eigenvalue weighted by atomic mass is 10.1. The Labute approximate surface area is 66.7 Å². The summed E-state index contributed by atoms with van der Waals surface area (Å²) in [4.78, 5) is 2.28. The van der Waals surface area contributed by atoms with Crippen LogP contribution in [0, 0.1) is 0 Å². The van der Waals surface area contributed by atoms with Gasteiger partial charge < -0.3 is 10.4 Å². The Hall–Kier alpha value is -0.380. The van der Waals surface area contributed by atoms with Gasteiger partial charge in [-0.3, -0.25) is 4.90 Å². The van der Waals surface area contributed by atoms with Gasteiger partial charge >= 0.3 is 0 Å². The monoisotopic (exact) mass is 154 g/mol. The van der Waals surface area contributed by atoms with Crippen molar-refractivity contribution in [2.45, 2.75) is 18.2 Å². The molecule has 62 valence electrons. The van der Waals surface area contributed by atoms with Gasteiger partial charge in [0.25, 0.3) is 0 Å². The van der Waals surface area contributed by atoms with Crippen LogP contribution < -0.4 is 5.32 Å². The minimum atomic E-state index is -0.199. The quantitative estimate of drug-likeness (QED) is 0.485. The lowest BCUT2D eigenvalue weighted by molar-refractivity contribution is 0.157. The van der Waals surface area contributed by atoms with Crippen molar-refractivity contribution in [3.8, 4) is 0 Å². The summed E-state index contributed by atoms with van der Waals surface area (Å²) in [5.74, 6) is 0. The maximum atomic E-state index is 9.56. The van der Waals surface area contributed by atoms with Crippen LogP contribution >= 0.6 is 0 Å². The molecule has 0 aromatic carbocycles. The Morgan fingerprint density at radius 3 is 3.18 bits per heavy atom. The number of fused-ring (bicyclic) bond motifs is 1. The Balaban J connectivity index is 2.13. The van der Waals surface area contributed by atoms with Gasteiger partial charge in [0.15, 0.2) is 0 Å². The summed E-state index contributed by atoms with van der Waals surface area (Å²) >= 11 is 0. The van der Waals surface area contributed by atoms with Crippen LogP contribution in [0.4, 0.5) is 0 Å². The first kappa shape index (κ1) is 7.28. The molecule has 0 radical (unpaired) electrons. The van der Waals surface area contributed by atoms with Gasteiger partial charge in [-0.25, -0.2) is 0 Å². The topological polar surface area (TPSA) is 35.5 Å². The number of rotatable bonds is 1. The molecule has 0 aromatic heterocycles. The molecule has 0 aliphatic carbocycles. The molecule has 2 N–H and O–H groups in total. The van der Waals surface area contributed by atoms with E-state index in [0.29, 0.717) is 6.04 Å². The average Bonchev–Trinajstić information content (AvgIpc) is 2.46. The standard InChI is InChI=1S/C8H14N2O/c1-9-8-6-3-2-4-10(6)5-7(8)11/h2-3,6-9,11H,4-5H2,1H3/t6?,7-,8-/m1/s1. The highest BCUT2D eigenvalue weighted by Crippen LogP contribution is 2.22. The van der Waals surface area contributed by atoms with Gasteiger partial charge in [0.1, 0.15) is 0 Å². The summed E-state index contributed by atoms with van der Waals surface area (Å²) in [6, 6.07) is 0.656. The van der Waals surface area contributed by atoms with E-state index >= 15 is 0 Å².